The van der Waals surface area contributed by atoms with Gasteiger partial charge in [-0.3, -0.25) is 9.69 Å². The molecule has 5 heteroatoms. The Hall–Kier alpha value is -2.71. The van der Waals surface area contributed by atoms with Crippen molar-refractivity contribution in [2.24, 2.45) is 5.41 Å². The second kappa shape index (κ2) is 8.09. The van der Waals surface area contributed by atoms with E-state index in [9.17, 15) is 14.4 Å². The molecule has 4 rings (SSSR count). The minimum absolute atomic E-state index is 0.0927. The van der Waals surface area contributed by atoms with E-state index in [1.807, 2.05) is 29.2 Å². The van der Waals surface area contributed by atoms with Crippen molar-refractivity contribution in [3.05, 3.63) is 65.0 Å². The van der Waals surface area contributed by atoms with E-state index in [1.54, 1.807) is 12.1 Å². The number of carbonyl (C=O) groups excluding carboxylic acids is 1. The number of piperidine rings is 1. The number of amides is 1. The maximum atomic E-state index is 14.2. The number of hydrogen-bond donors (Lipinski definition) is 0. The van der Waals surface area contributed by atoms with Crippen molar-refractivity contribution in [3.63, 3.8) is 0 Å². The van der Waals surface area contributed by atoms with Gasteiger partial charge in [0.1, 0.15) is 5.82 Å². The molecule has 0 radical (unpaired) electrons. The number of likely N-dealkylation sites (tertiary alicyclic amines) is 1. The number of benzene rings is 2. The van der Waals surface area contributed by atoms with E-state index in [2.05, 4.69) is 31.7 Å². The molecule has 2 heterocycles. The lowest BCUT2D eigenvalue weighted by atomic mass is 9.74. The van der Waals surface area contributed by atoms with Gasteiger partial charge in [0.25, 0.3) is 0 Å². The van der Waals surface area contributed by atoms with Gasteiger partial charge in [0.05, 0.1) is 11.6 Å². The third-order valence-electron chi connectivity index (χ3n) is 6.61. The molecule has 0 bridgehead atoms. The molecule has 31 heavy (non-hydrogen) atoms. The number of anilines is 1. The molecule has 2 aromatic carbocycles. The Morgan fingerprint density at radius 2 is 1.87 bits per heavy atom. The van der Waals surface area contributed by atoms with Gasteiger partial charge in [-0.25, -0.2) is 4.39 Å². The maximum absolute atomic E-state index is 14.2. The SMILES string of the molecule is CC(C)(C)CC(=O)N1CC2(CCN(Cc3ccccc3C#N)CC2)c2cc(F)ccc21. The number of halogens is 1. The Morgan fingerprint density at radius 1 is 1.16 bits per heavy atom. The summed E-state index contributed by atoms with van der Waals surface area (Å²) in [6.07, 6.45) is 2.21. The first-order valence-corrected chi connectivity index (χ1v) is 11.0. The zero-order valence-electron chi connectivity index (χ0n) is 18.6. The van der Waals surface area contributed by atoms with Gasteiger partial charge in [-0.1, -0.05) is 39.0 Å². The second-order valence-corrected chi connectivity index (χ2v) is 10.2. The molecule has 0 saturated carbocycles. The normalized spacial score (nSPS) is 18.1. The molecule has 4 nitrogen and oxygen atoms in total. The third-order valence-corrected chi connectivity index (χ3v) is 6.61. The van der Waals surface area contributed by atoms with Crippen LogP contribution in [0.5, 0.6) is 0 Å². The Kier molecular flexibility index (Phi) is 5.61. The molecular weight excluding hydrogens is 389 g/mol. The van der Waals surface area contributed by atoms with Crippen LogP contribution in [0.15, 0.2) is 42.5 Å². The van der Waals surface area contributed by atoms with Crippen LogP contribution in [0.3, 0.4) is 0 Å². The highest BCUT2D eigenvalue weighted by Crippen LogP contribution is 2.48. The van der Waals surface area contributed by atoms with Crippen molar-refractivity contribution in [3.8, 4) is 6.07 Å². The first-order chi connectivity index (χ1) is 14.7. The minimum Gasteiger partial charge on any atom is -0.311 e. The van der Waals surface area contributed by atoms with Crippen LogP contribution in [0.25, 0.3) is 0 Å². The van der Waals surface area contributed by atoms with E-state index >= 15 is 0 Å². The molecule has 0 atom stereocenters. The number of hydrogen-bond acceptors (Lipinski definition) is 3. The number of nitriles is 1. The fourth-order valence-corrected chi connectivity index (χ4v) is 4.99. The molecule has 0 aliphatic carbocycles. The molecule has 162 valence electrons. The highest BCUT2D eigenvalue weighted by atomic mass is 19.1. The molecule has 1 saturated heterocycles. The molecule has 1 amide bonds. The lowest BCUT2D eigenvalue weighted by Crippen LogP contribution is -2.46. The van der Waals surface area contributed by atoms with Crippen LogP contribution < -0.4 is 4.90 Å². The summed E-state index contributed by atoms with van der Waals surface area (Å²) in [4.78, 5) is 17.4. The minimum atomic E-state index is -0.242. The van der Waals surface area contributed by atoms with Crippen molar-refractivity contribution in [1.82, 2.24) is 4.90 Å². The largest absolute Gasteiger partial charge is 0.311 e. The van der Waals surface area contributed by atoms with Crippen LogP contribution in [0.2, 0.25) is 0 Å². The number of fused-ring (bicyclic) bond motifs is 2. The Balaban J connectivity index is 1.54. The van der Waals surface area contributed by atoms with Crippen molar-refractivity contribution < 1.29 is 9.18 Å². The summed E-state index contributed by atoms with van der Waals surface area (Å²) in [5.41, 5.74) is 3.32. The first kappa shape index (κ1) is 21.5. The fourth-order valence-electron chi connectivity index (χ4n) is 4.99. The fraction of sp³-hybridized carbons (Fsp3) is 0.462. The van der Waals surface area contributed by atoms with Gasteiger partial charge in [-0.15, -0.1) is 0 Å². The smallest absolute Gasteiger partial charge is 0.227 e. The van der Waals surface area contributed by atoms with Gasteiger partial charge in [-0.05, 0) is 66.7 Å². The highest BCUT2D eigenvalue weighted by molar-refractivity contribution is 5.96. The molecule has 1 spiro atoms. The molecule has 0 unspecified atom stereocenters. The van der Waals surface area contributed by atoms with Crippen LogP contribution in [0.4, 0.5) is 10.1 Å². The standard InChI is InChI=1S/C26H30FN3O/c1-25(2,3)15-24(31)30-18-26(22-14-21(27)8-9-23(22)30)10-12-29(13-11-26)17-20-7-5-4-6-19(20)16-28/h4-9,14H,10-13,15,17-18H2,1-3H3. The average Bonchev–Trinajstić information content (AvgIpc) is 3.03. The molecule has 0 N–H and O–H groups in total. The van der Waals surface area contributed by atoms with E-state index in [0.717, 1.165) is 54.9 Å². The zero-order chi connectivity index (χ0) is 22.2. The lowest BCUT2D eigenvalue weighted by Gasteiger charge is -2.40. The van der Waals surface area contributed by atoms with Crippen LogP contribution in [0.1, 0.15) is 56.7 Å². The quantitative estimate of drug-likeness (QED) is 0.702. The van der Waals surface area contributed by atoms with Gasteiger partial charge in [0.2, 0.25) is 5.91 Å². The van der Waals surface area contributed by atoms with Crippen molar-refractivity contribution in [1.29, 1.82) is 5.26 Å². The zero-order valence-corrected chi connectivity index (χ0v) is 18.6. The molecular formula is C26H30FN3O. The number of rotatable bonds is 3. The van der Waals surface area contributed by atoms with E-state index in [4.69, 9.17) is 0 Å². The van der Waals surface area contributed by atoms with Crippen molar-refractivity contribution >= 4 is 11.6 Å². The van der Waals surface area contributed by atoms with E-state index in [0.29, 0.717) is 13.0 Å². The van der Waals surface area contributed by atoms with Gasteiger partial charge in [0, 0.05) is 30.6 Å². The van der Waals surface area contributed by atoms with Crippen molar-refractivity contribution in [2.75, 3.05) is 24.5 Å². The highest BCUT2D eigenvalue weighted by Gasteiger charge is 2.46. The Bertz CT molecular complexity index is 1030. The van der Waals surface area contributed by atoms with Crippen LogP contribution >= 0.6 is 0 Å². The van der Waals surface area contributed by atoms with Gasteiger partial charge >= 0.3 is 0 Å². The molecule has 2 aromatic rings. The summed E-state index contributed by atoms with van der Waals surface area (Å²) < 4.78 is 14.2. The average molecular weight is 420 g/mol. The van der Waals surface area contributed by atoms with Gasteiger partial charge in [-0.2, -0.15) is 5.26 Å². The Labute approximate surface area is 184 Å². The van der Waals surface area contributed by atoms with Crippen LogP contribution in [0, 0.1) is 22.6 Å². The summed E-state index contributed by atoms with van der Waals surface area (Å²) in [7, 11) is 0. The second-order valence-electron chi connectivity index (χ2n) is 10.2. The van der Waals surface area contributed by atoms with Gasteiger partial charge < -0.3 is 4.90 Å². The van der Waals surface area contributed by atoms with Crippen LogP contribution in [-0.2, 0) is 16.8 Å². The maximum Gasteiger partial charge on any atom is 0.227 e. The van der Waals surface area contributed by atoms with Crippen molar-refractivity contribution in [2.45, 2.75) is 52.0 Å². The third kappa shape index (κ3) is 4.36. The Morgan fingerprint density at radius 3 is 2.55 bits per heavy atom. The predicted molar refractivity (Wildman–Crippen MR) is 120 cm³/mol. The van der Waals surface area contributed by atoms with Gasteiger partial charge in [0.15, 0.2) is 0 Å². The number of nitrogens with zero attached hydrogens (tertiary/aromatic N) is 3. The summed E-state index contributed by atoms with van der Waals surface area (Å²) in [6.45, 7) is 9.29. The van der Waals surface area contributed by atoms with Crippen LogP contribution in [-0.4, -0.2) is 30.4 Å². The summed E-state index contributed by atoms with van der Waals surface area (Å²) in [5.74, 6) is -0.128. The topological polar surface area (TPSA) is 47.3 Å². The van der Waals surface area contributed by atoms with E-state index in [-0.39, 0.29) is 22.6 Å². The monoisotopic (exact) mass is 419 g/mol. The lowest BCUT2D eigenvalue weighted by molar-refractivity contribution is -0.120. The molecule has 2 aliphatic rings. The molecule has 0 aromatic heterocycles. The predicted octanol–water partition coefficient (Wildman–Crippen LogP) is 5.01. The number of carbonyl (C=O) groups is 1. The van der Waals surface area contributed by atoms with E-state index < -0.39 is 0 Å². The van der Waals surface area contributed by atoms with E-state index in [1.165, 1.54) is 6.07 Å². The summed E-state index contributed by atoms with van der Waals surface area (Å²) in [6, 6.07) is 14.9. The molecule has 1 fully saturated rings. The summed E-state index contributed by atoms with van der Waals surface area (Å²) >= 11 is 0. The first-order valence-electron chi connectivity index (χ1n) is 11.0. The molecule has 2 aliphatic heterocycles. The summed E-state index contributed by atoms with van der Waals surface area (Å²) in [5, 5.41) is 9.37.